The van der Waals surface area contributed by atoms with E-state index in [-0.39, 0.29) is 17.1 Å². The van der Waals surface area contributed by atoms with Gasteiger partial charge in [0.25, 0.3) is 0 Å². The number of methoxy groups -OCH3 is 1. The van der Waals surface area contributed by atoms with Gasteiger partial charge in [0.05, 0.1) is 6.61 Å². The minimum Gasteiger partial charge on any atom is -0.455 e. The van der Waals surface area contributed by atoms with Gasteiger partial charge in [0.2, 0.25) is 0 Å². The van der Waals surface area contributed by atoms with Crippen LogP contribution in [0.25, 0.3) is 0 Å². The van der Waals surface area contributed by atoms with Crippen molar-refractivity contribution in [2.75, 3.05) is 7.11 Å². The summed E-state index contributed by atoms with van der Waals surface area (Å²) in [5.74, 6) is -0.354. The molecular weight excluding hydrogens is 440 g/mol. The summed E-state index contributed by atoms with van der Waals surface area (Å²) < 4.78 is 18.3. The molecule has 2 aromatic rings. The molecule has 2 aromatic carbocycles. The van der Waals surface area contributed by atoms with Crippen LogP contribution < -0.4 is 0 Å². The Morgan fingerprint density at radius 1 is 1.03 bits per heavy atom. The smallest absolute Gasteiger partial charge is 0.340 e. The van der Waals surface area contributed by atoms with Crippen LogP contribution in [0.15, 0.2) is 48.5 Å². The number of aryl methyl sites for hydroxylation is 1. The topological polar surface area (TPSA) is 44.8 Å². The lowest BCUT2D eigenvalue weighted by molar-refractivity contribution is -0.162. The lowest BCUT2D eigenvalue weighted by atomic mass is 9.96. The Hall–Kier alpha value is -1.95. The van der Waals surface area contributed by atoms with E-state index < -0.39 is 14.4 Å². The largest absolute Gasteiger partial charge is 0.455 e. The molecule has 1 unspecified atom stereocenters. The molecular formula is C29H44O4Si. The third-order valence-corrected chi connectivity index (χ3v) is 11.4. The van der Waals surface area contributed by atoms with E-state index in [1.54, 1.807) is 7.11 Å². The summed E-state index contributed by atoms with van der Waals surface area (Å²) in [6.07, 6.45) is 2.91. The molecule has 0 aromatic heterocycles. The predicted molar refractivity (Wildman–Crippen MR) is 142 cm³/mol. The van der Waals surface area contributed by atoms with Crippen molar-refractivity contribution in [2.45, 2.75) is 97.2 Å². The van der Waals surface area contributed by atoms with Crippen molar-refractivity contribution in [3.8, 4) is 0 Å². The molecule has 0 spiro atoms. The van der Waals surface area contributed by atoms with Gasteiger partial charge in [0.15, 0.2) is 14.4 Å². The standard InChI is InChI=1S/C29H44O4Si/c1-9-10-12-17-26(33-28(30)27(31-6)23-15-13-11-14-16-23)25-20-22(2)18-19-24(25)21-32-34(7,8)29(3,4)5/h11,13-16,18-20,26-27H,9-10,12,17,21H2,1-8H3/t26?,27-/m1/s1. The van der Waals surface area contributed by atoms with E-state index >= 15 is 0 Å². The summed E-state index contributed by atoms with van der Waals surface area (Å²) in [6, 6.07) is 15.9. The third-order valence-electron chi connectivity index (χ3n) is 6.92. The van der Waals surface area contributed by atoms with Gasteiger partial charge in [-0.2, -0.15) is 0 Å². The molecule has 0 aliphatic rings. The summed E-state index contributed by atoms with van der Waals surface area (Å²) in [5.41, 5.74) is 4.09. The van der Waals surface area contributed by atoms with Crippen LogP contribution in [0.4, 0.5) is 0 Å². The molecule has 0 amide bonds. The normalized spacial score (nSPS) is 14.0. The molecule has 0 N–H and O–H groups in total. The Morgan fingerprint density at radius 2 is 1.71 bits per heavy atom. The maximum atomic E-state index is 13.3. The van der Waals surface area contributed by atoms with Crippen molar-refractivity contribution in [3.05, 3.63) is 70.8 Å². The first-order chi connectivity index (χ1) is 16.0. The number of carbonyl (C=O) groups is 1. The summed E-state index contributed by atoms with van der Waals surface area (Å²) in [5, 5.41) is 0.131. The average Bonchev–Trinajstić information content (AvgIpc) is 2.78. The molecule has 0 aliphatic carbocycles. The fourth-order valence-electron chi connectivity index (χ4n) is 3.68. The van der Waals surface area contributed by atoms with Crippen LogP contribution in [0, 0.1) is 6.92 Å². The number of benzene rings is 2. The molecule has 0 aliphatic heterocycles. The van der Waals surface area contributed by atoms with Gasteiger partial charge in [0.1, 0.15) is 6.10 Å². The minimum absolute atomic E-state index is 0.131. The first-order valence-corrected chi connectivity index (χ1v) is 15.4. The highest BCUT2D eigenvalue weighted by atomic mass is 28.4. The van der Waals surface area contributed by atoms with Crippen LogP contribution in [-0.2, 0) is 25.3 Å². The molecule has 0 fully saturated rings. The molecule has 34 heavy (non-hydrogen) atoms. The quantitative estimate of drug-likeness (QED) is 0.174. The number of esters is 1. The van der Waals surface area contributed by atoms with Gasteiger partial charge in [-0.15, -0.1) is 0 Å². The van der Waals surface area contributed by atoms with Crippen LogP contribution in [-0.4, -0.2) is 21.4 Å². The highest BCUT2D eigenvalue weighted by Gasteiger charge is 2.37. The number of ether oxygens (including phenoxy) is 2. The lowest BCUT2D eigenvalue weighted by Crippen LogP contribution is -2.40. The van der Waals surface area contributed by atoms with E-state index in [2.05, 4.69) is 65.9 Å². The fraction of sp³-hybridized carbons (Fsp3) is 0.552. The van der Waals surface area contributed by atoms with E-state index in [9.17, 15) is 4.79 Å². The fourth-order valence-corrected chi connectivity index (χ4v) is 4.63. The zero-order chi connectivity index (χ0) is 25.4. The zero-order valence-electron chi connectivity index (χ0n) is 22.4. The summed E-state index contributed by atoms with van der Waals surface area (Å²) in [4.78, 5) is 13.3. The number of rotatable bonds is 12. The number of carbonyl (C=O) groups excluding carboxylic acids is 1. The Balaban J connectivity index is 2.34. The molecule has 0 saturated heterocycles. The van der Waals surface area contributed by atoms with Gasteiger partial charge in [-0.3, -0.25) is 0 Å². The number of unbranched alkanes of at least 4 members (excludes halogenated alkanes) is 2. The van der Waals surface area contributed by atoms with E-state index in [0.29, 0.717) is 6.61 Å². The van der Waals surface area contributed by atoms with Crippen LogP contribution >= 0.6 is 0 Å². The summed E-state index contributed by atoms with van der Waals surface area (Å²) in [7, 11) is -0.366. The Morgan fingerprint density at radius 3 is 2.29 bits per heavy atom. The highest BCUT2D eigenvalue weighted by Crippen LogP contribution is 2.38. The molecule has 5 heteroatoms. The van der Waals surface area contributed by atoms with Crippen molar-refractivity contribution in [1.82, 2.24) is 0 Å². The molecule has 0 radical (unpaired) electrons. The lowest BCUT2D eigenvalue weighted by Gasteiger charge is -2.36. The maximum absolute atomic E-state index is 13.3. The Labute approximate surface area is 208 Å². The van der Waals surface area contributed by atoms with Crippen LogP contribution in [0.2, 0.25) is 18.1 Å². The second kappa shape index (κ2) is 12.7. The molecule has 0 bridgehead atoms. The zero-order valence-corrected chi connectivity index (χ0v) is 23.4. The summed E-state index contributed by atoms with van der Waals surface area (Å²) in [6.45, 7) is 16.1. The molecule has 4 nitrogen and oxygen atoms in total. The second-order valence-corrected chi connectivity index (χ2v) is 15.5. The molecule has 0 heterocycles. The molecule has 2 atom stereocenters. The number of hydrogen-bond donors (Lipinski definition) is 0. The SMILES string of the molecule is CCCCCC(OC(=O)[C@H](OC)c1ccccc1)c1cc(C)ccc1CO[Si](C)(C)C(C)(C)C. The minimum atomic E-state index is -1.92. The Bertz CT molecular complexity index is 902. The second-order valence-electron chi connectivity index (χ2n) is 10.7. The van der Waals surface area contributed by atoms with Crippen molar-refractivity contribution >= 4 is 14.3 Å². The van der Waals surface area contributed by atoms with Gasteiger partial charge < -0.3 is 13.9 Å². The molecule has 188 valence electrons. The van der Waals surface area contributed by atoms with Gasteiger partial charge in [0, 0.05) is 7.11 Å². The van der Waals surface area contributed by atoms with Crippen molar-refractivity contribution in [1.29, 1.82) is 0 Å². The average molecular weight is 485 g/mol. The van der Waals surface area contributed by atoms with Crippen molar-refractivity contribution in [2.24, 2.45) is 0 Å². The van der Waals surface area contributed by atoms with Crippen molar-refractivity contribution < 1.29 is 18.7 Å². The summed E-state index contributed by atoms with van der Waals surface area (Å²) >= 11 is 0. The van der Waals surface area contributed by atoms with Gasteiger partial charge in [-0.05, 0) is 54.6 Å². The molecule has 0 saturated carbocycles. The predicted octanol–water partition coefficient (Wildman–Crippen LogP) is 8.07. The van der Waals surface area contributed by atoms with Crippen molar-refractivity contribution in [3.63, 3.8) is 0 Å². The third kappa shape index (κ3) is 7.79. The van der Waals surface area contributed by atoms with Gasteiger partial charge >= 0.3 is 5.97 Å². The van der Waals surface area contributed by atoms with E-state index in [1.165, 1.54) is 0 Å². The van der Waals surface area contributed by atoms with Crippen LogP contribution in [0.5, 0.6) is 0 Å². The Kier molecular flexibility index (Phi) is 10.5. The van der Waals surface area contributed by atoms with E-state index in [1.807, 2.05) is 30.3 Å². The monoisotopic (exact) mass is 484 g/mol. The number of hydrogen-bond acceptors (Lipinski definition) is 4. The van der Waals surface area contributed by atoms with E-state index in [4.69, 9.17) is 13.9 Å². The first-order valence-electron chi connectivity index (χ1n) is 12.5. The van der Waals surface area contributed by atoms with Gasteiger partial charge in [-0.1, -0.05) is 94.6 Å². The van der Waals surface area contributed by atoms with Gasteiger partial charge in [-0.25, -0.2) is 4.79 Å². The van der Waals surface area contributed by atoms with Crippen LogP contribution in [0.1, 0.15) is 87.8 Å². The molecule has 2 rings (SSSR count). The first kappa shape index (κ1) is 28.3. The van der Waals surface area contributed by atoms with E-state index in [0.717, 1.165) is 47.9 Å². The highest BCUT2D eigenvalue weighted by molar-refractivity contribution is 6.74. The van der Waals surface area contributed by atoms with Crippen LogP contribution in [0.3, 0.4) is 0 Å². The maximum Gasteiger partial charge on any atom is 0.340 e.